The molecule has 114 valence electrons. The van der Waals surface area contributed by atoms with Crippen LogP contribution in [0.15, 0.2) is 30.3 Å². The van der Waals surface area contributed by atoms with Crippen LogP contribution in [0.5, 0.6) is 5.75 Å². The Labute approximate surface area is 128 Å². The summed E-state index contributed by atoms with van der Waals surface area (Å²) in [5.74, 6) is 2.13. The molecule has 0 radical (unpaired) electrons. The highest BCUT2D eigenvalue weighted by atomic mass is 16.5. The predicted molar refractivity (Wildman–Crippen MR) is 79.9 cm³/mol. The van der Waals surface area contributed by atoms with Crippen LogP contribution < -0.4 is 4.74 Å². The molecule has 0 amide bonds. The van der Waals surface area contributed by atoms with Crippen LogP contribution >= 0.6 is 0 Å². The standard InChI is InChI=1S/C17H18N2O3/c1-2-21-17(20)16-12-8-11-13(14(11)15(12)18-19-16)9-22-10-6-4-3-5-7-10/h3-7,11,13-14H,2,8-9H2,1H3,(H,18,19). The van der Waals surface area contributed by atoms with Crippen molar-refractivity contribution in [3.05, 3.63) is 47.3 Å². The van der Waals surface area contributed by atoms with E-state index in [2.05, 4.69) is 10.2 Å². The summed E-state index contributed by atoms with van der Waals surface area (Å²) in [6, 6.07) is 9.87. The quantitative estimate of drug-likeness (QED) is 0.862. The first-order valence-electron chi connectivity index (χ1n) is 7.71. The number of esters is 1. The second kappa shape index (κ2) is 5.16. The van der Waals surface area contributed by atoms with Gasteiger partial charge < -0.3 is 9.47 Å². The summed E-state index contributed by atoms with van der Waals surface area (Å²) >= 11 is 0. The van der Waals surface area contributed by atoms with E-state index in [0.29, 0.717) is 36.7 Å². The molecule has 2 aliphatic rings. The number of H-pyrrole nitrogens is 1. The number of aromatic nitrogens is 2. The summed E-state index contributed by atoms with van der Waals surface area (Å²) in [6.07, 6.45) is 0.896. The van der Waals surface area contributed by atoms with Gasteiger partial charge in [0.1, 0.15) is 5.75 Å². The van der Waals surface area contributed by atoms with Crippen LogP contribution in [0.1, 0.15) is 34.6 Å². The molecule has 1 saturated carbocycles. The molecule has 0 saturated heterocycles. The van der Waals surface area contributed by atoms with Crippen LogP contribution in [0, 0.1) is 11.8 Å². The van der Waals surface area contributed by atoms with Crippen LogP contribution in [0.2, 0.25) is 0 Å². The average molecular weight is 298 g/mol. The summed E-state index contributed by atoms with van der Waals surface area (Å²) < 4.78 is 10.9. The molecule has 1 heterocycles. The van der Waals surface area contributed by atoms with Gasteiger partial charge in [-0.05, 0) is 31.4 Å². The highest BCUT2D eigenvalue weighted by molar-refractivity contribution is 5.89. The molecule has 0 spiro atoms. The Kier molecular flexibility index (Phi) is 3.13. The zero-order valence-corrected chi connectivity index (χ0v) is 12.4. The third-order valence-electron chi connectivity index (χ3n) is 4.66. The van der Waals surface area contributed by atoms with Crippen molar-refractivity contribution in [1.29, 1.82) is 0 Å². The Morgan fingerprint density at radius 2 is 2.18 bits per heavy atom. The van der Waals surface area contributed by atoms with Crippen molar-refractivity contribution in [3.8, 4) is 5.75 Å². The van der Waals surface area contributed by atoms with Crippen molar-refractivity contribution < 1.29 is 14.3 Å². The minimum Gasteiger partial charge on any atom is -0.493 e. The van der Waals surface area contributed by atoms with Crippen LogP contribution in [-0.4, -0.2) is 29.4 Å². The van der Waals surface area contributed by atoms with E-state index in [4.69, 9.17) is 9.47 Å². The highest BCUT2D eigenvalue weighted by Crippen LogP contribution is 2.61. The third kappa shape index (κ3) is 2.08. The van der Waals surface area contributed by atoms with Crippen molar-refractivity contribution in [3.63, 3.8) is 0 Å². The fraction of sp³-hybridized carbons (Fsp3) is 0.412. The lowest BCUT2D eigenvalue weighted by Crippen LogP contribution is -2.09. The average Bonchev–Trinajstić information content (AvgIpc) is 2.87. The molecular formula is C17H18N2O3. The van der Waals surface area contributed by atoms with E-state index < -0.39 is 0 Å². The van der Waals surface area contributed by atoms with E-state index in [0.717, 1.165) is 23.4 Å². The van der Waals surface area contributed by atoms with Gasteiger partial charge in [-0.3, -0.25) is 5.10 Å². The largest absolute Gasteiger partial charge is 0.493 e. The molecule has 4 rings (SSSR count). The van der Waals surface area contributed by atoms with Gasteiger partial charge >= 0.3 is 5.97 Å². The van der Waals surface area contributed by atoms with Gasteiger partial charge in [0.05, 0.1) is 13.2 Å². The number of ether oxygens (including phenoxy) is 2. The topological polar surface area (TPSA) is 64.2 Å². The van der Waals surface area contributed by atoms with E-state index in [1.165, 1.54) is 0 Å². The summed E-state index contributed by atoms with van der Waals surface area (Å²) in [7, 11) is 0. The van der Waals surface area contributed by atoms with Gasteiger partial charge in [-0.25, -0.2) is 4.79 Å². The molecule has 1 fully saturated rings. The number of hydrogen-bond donors (Lipinski definition) is 1. The first-order chi connectivity index (χ1) is 10.8. The minimum absolute atomic E-state index is 0.321. The second-order valence-electron chi connectivity index (χ2n) is 5.87. The van der Waals surface area contributed by atoms with Crippen LogP contribution in [0.25, 0.3) is 0 Å². The number of nitrogens with one attached hydrogen (secondary N) is 1. The molecule has 1 aromatic heterocycles. The highest BCUT2D eigenvalue weighted by Gasteiger charge is 2.58. The number of fused-ring (bicyclic) bond motifs is 3. The normalized spacial score (nSPS) is 24.5. The van der Waals surface area contributed by atoms with Gasteiger partial charge in [-0.1, -0.05) is 18.2 Å². The fourth-order valence-electron chi connectivity index (χ4n) is 3.55. The molecule has 2 aromatic rings. The van der Waals surface area contributed by atoms with E-state index in [1.807, 2.05) is 30.3 Å². The number of carbonyl (C=O) groups is 1. The van der Waals surface area contributed by atoms with Gasteiger partial charge in [0.2, 0.25) is 0 Å². The van der Waals surface area contributed by atoms with E-state index in [9.17, 15) is 4.79 Å². The van der Waals surface area contributed by atoms with Gasteiger partial charge in [0.25, 0.3) is 0 Å². The monoisotopic (exact) mass is 298 g/mol. The lowest BCUT2D eigenvalue weighted by Gasteiger charge is -2.07. The molecule has 5 nitrogen and oxygen atoms in total. The number of nitrogens with zero attached hydrogens (tertiary/aromatic N) is 1. The van der Waals surface area contributed by atoms with E-state index in [-0.39, 0.29) is 5.97 Å². The molecule has 22 heavy (non-hydrogen) atoms. The molecule has 0 aliphatic heterocycles. The van der Waals surface area contributed by atoms with Crippen LogP contribution in [-0.2, 0) is 11.2 Å². The van der Waals surface area contributed by atoms with Crippen molar-refractivity contribution in [1.82, 2.24) is 10.2 Å². The maximum atomic E-state index is 11.8. The number of hydrogen-bond acceptors (Lipinski definition) is 4. The zero-order valence-electron chi connectivity index (χ0n) is 12.4. The molecule has 0 bridgehead atoms. The molecule has 5 heteroatoms. The maximum absolute atomic E-state index is 11.8. The second-order valence-corrected chi connectivity index (χ2v) is 5.87. The van der Waals surface area contributed by atoms with Gasteiger partial charge in [0, 0.05) is 23.1 Å². The summed E-state index contributed by atoms with van der Waals surface area (Å²) in [5.41, 5.74) is 2.62. The van der Waals surface area contributed by atoms with E-state index in [1.54, 1.807) is 6.92 Å². The van der Waals surface area contributed by atoms with Gasteiger partial charge in [0.15, 0.2) is 5.69 Å². The first-order valence-corrected chi connectivity index (χ1v) is 7.71. The lowest BCUT2D eigenvalue weighted by molar-refractivity contribution is 0.0518. The first kappa shape index (κ1) is 13.4. The molecule has 3 atom stereocenters. The molecular weight excluding hydrogens is 280 g/mol. The number of benzene rings is 1. The van der Waals surface area contributed by atoms with E-state index >= 15 is 0 Å². The Hall–Kier alpha value is -2.30. The third-order valence-corrected chi connectivity index (χ3v) is 4.66. The fourth-order valence-corrected chi connectivity index (χ4v) is 3.55. The van der Waals surface area contributed by atoms with Crippen molar-refractivity contribution in [2.45, 2.75) is 19.3 Å². The summed E-state index contributed by atoms with van der Waals surface area (Å²) in [4.78, 5) is 11.8. The van der Waals surface area contributed by atoms with Crippen molar-refractivity contribution >= 4 is 5.97 Å². The van der Waals surface area contributed by atoms with Crippen molar-refractivity contribution in [2.24, 2.45) is 11.8 Å². The number of para-hydroxylation sites is 1. The Bertz CT molecular complexity index is 695. The van der Waals surface area contributed by atoms with Gasteiger partial charge in [-0.15, -0.1) is 0 Å². The Balaban J connectivity index is 1.42. The molecule has 2 aliphatic carbocycles. The molecule has 1 N–H and O–H groups in total. The Morgan fingerprint density at radius 1 is 1.36 bits per heavy atom. The van der Waals surface area contributed by atoms with Crippen LogP contribution in [0.3, 0.4) is 0 Å². The molecule has 1 aromatic carbocycles. The van der Waals surface area contributed by atoms with Gasteiger partial charge in [-0.2, -0.15) is 5.10 Å². The number of aromatic amines is 1. The summed E-state index contributed by atoms with van der Waals surface area (Å²) in [5, 5.41) is 7.18. The van der Waals surface area contributed by atoms with Crippen molar-refractivity contribution in [2.75, 3.05) is 13.2 Å². The predicted octanol–water partition coefficient (Wildman–Crippen LogP) is 2.55. The maximum Gasteiger partial charge on any atom is 0.359 e. The number of rotatable bonds is 5. The SMILES string of the molecule is CCOC(=O)c1n[nH]c2c1CC1C(COc3ccccc3)C21. The Morgan fingerprint density at radius 3 is 2.95 bits per heavy atom. The molecule has 3 unspecified atom stereocenters. The lowest BCUT2D eigenvalue weighted by atomic mass is 10.1. The minimum atomic E-state index is -0.321. The number of carbonyl (C=O) groups excluding carboxylic acids is 1. The zero-order chi connectivity index (χ0) is 15.1. The smallest absolute Gasteiger partial charge is 0.359 e. The summed E-state index contributed by atoms with van der Waals surface area (Å²) in [6.45, 7) is 2.90. The van der Waals surface area contributed by atoms with Crippen LogP contribution in [0.4, 0.5) is 0 Å².